The Kier molecular flexibility index (Phi) is 11.5. The van der Waals surface area contributed by atoms with Crippen molar-refractivity contribution in [1.29, 1.82) is 0 Å². The van der Waals surface area contributed by atoms with E-state index >= 15 is 0 Å². The topological polar surface area (TPSA) is 157 Å². The second-order valence-electron chi connectivity index (χ2n) is 10.6. The first-order valence-corrected chi connectivity index (χ1v) is 12.4. The average Bonchev–Trinajstić information content (AvgIpc) is 3.40. The van der Waals surface area contributed by atoms with Gasteiger partial charge in [-0.15, -0.1) is 0 Å². The van der Waals surface area contributed by atoms with Crippen molar-refractivity contribution in [3.63, 3.8) is 0 Å². The maximum absolute atomic E-state index is 13.9. The largest absolute Gasteiger partial charge is 0.412 e. The summed E-state index contributed by atoms with van der Waals surface area (Å²) < 4.78 is 0. The van der Waals surface area contributed by atoms with E-state index in [9.17, 15) is 14.4 Å². The van der Waals surface area contributed by atoms with E-state index in [1.54, 1.807) is 14.0 Å². The van der Waals surface area contributed by atoms with E-state index in [0.29, 0.717) is 19.6 Å². The fourth-order valence-electron chi connectivity index (χ4n) is 5.17. The van der Waals surface area contributed by atoms with Crippen LogP contribution in [0.1, 0.15) is 50.9 Å². The average molecular weight is 514 g/mol. The number of likely N-dealkylation sites (tertiary alicyclic amines) is 2. The molecule has 3 amide bonds. The summed E-state index contributed by atoms with van der Waals surface area (Å²) >= 11 is 0. The number of fused-ring (bicyclic) bond motifs is 1. The Bertz CT molecular complexity index is 890. The summed E-state index contributed by atoms with van der Waals surface area (Å²) in [5.41, 5.74) is 0.582. The summed E-state index contributed by atoms with van der Waals surface area (Å²) in [5.74, 6) is -0.622. The Labute approximate surface area is 219 Å². The molecular weight excluding hydrogens is 462 g/mol. The van der Waals surface area contributed by atoms with Gasteiger partial charge in [-0.3, -0.25) is 19.3 Å². The molecule has 0 unspecified atom stereocenters. The van der Waals surface area contributed by atoms with Crippen molar-refractivity contribution in [2.45, 2.75) is 71.8 Å². The smallest absolute Gasteiger partial charge is 0.246 e. The zero-order valence-electron chi connectivity index (χ0n) is 22.4. The third-order valence-corrected chi connectivity index (χ3v) is 7.29. The number of rotatable bonds is 8. The monoisotopic (exact) mass is 513 g/mol. The van der Waals surface area contributed by atoms with Gasteiger partial charge in [-0.2, -0.15) is 0 Å². The zero-order chi connectivity index (χ0) is 25.0. The molecule has 2 saturated heterocycles. The molecule has 0 radical (unpaired) electrons. The first-order valence-electron chi connectivity index (χ1n) is 12.4. The van der Waals surface area contributed by atoms with Crippen LogP contribution >= 0.6 is 0 Å². The molecule has 0 aromatic heterocycles. The second-order valence-corrected chi connectivity index (χ2v) is 10.6. The number of amides is 3. The van der Waals surface area contributed by atoms with Crippen LogP contribution in [0.5, 0.6) is 0 Å². The molecule has 210 valence electrons. The Hall–Kier alpha value is -2.53. The highest BCUT2D eigenvalue weighted by Gasteiger charge is 2.53. The number of nitrogens with one attached hydrogen (secondary N) is 3. The summed E-state index contributed by atoms with van der Waals surface area (Å²) in [7, 11) is 1.72. The minimum atomic E-state index is -0.668. The van der Waals surface area contributed by atoms with Crippen LogP contribution < -0.4 is 16.0 Å². The molecule has 36 heavy (non-hydrogen) atoms. The van der Waals surface area contributed by atoms with Gasteiger partial charge in [0.1, 0.15) is 6.04 Å². The summed E-state index contributed by atoms with van der Waals surface area (Å²) in [4.78, 5) is 44.0. The van der Waals surface area contributed by atoms with Gasteiger partial charge in [-0.25, -0.2) is 0 Å². The minimum Gasteiger partial charge on any atom is -0.412 e. The maximum Gasteiger partial charge on any atom is 0.246 e. The first-order chi connectivity index (χ1) is 16.1. The summed E-state index contributed by atoms with van der Waals surface area (Å²) in [6, 6.07) is 8.75. The van der Waals surface area contributed by atoms with Gasteiger partial charge in [-0.05, 0) is 37.9 Å². The normalized spacial score (nSPS) is 23.1. The highest BCUT2D eigenvalue weighted by atomic mass is 16.2. The van der Waals surface area contributed by atoms with Crippen molar-refractivity contribution in [3.8, 4) is 0 Å². The van der Waals surface area contributed by atoms with Crippen molar-refractivity contribution in [2.24, 2.45) is 11.3 Å². The Morgan fingerprint density at radius 3 is 2.33 bits per heavy atom. The second kappa shape index (κ2) is 13.1. The minimum absolute atomic E-state index is 0. The highest BCUT2D eigenvalue weighted by Crippen LogP contribution is 2.37. The lowest BCUT2D eigenvalue weighted by atomic mass is 9.85. The molecule has 0 spiro atoms. The van der Waals surface area contributed by atoms with Gasteiger partial charge >= 0.3 is 0 Å². The lowest BCUT2D eigenvalue weighted by molar-refractivity contribution is -0.142. The number of likely N-dealkylation sites (N-methyl/N-ethyl adjacent to an activating group) is 2. The molecule has 2 heterocycles. The number of carbonyl (C=O) groups is 3. The van der Waals surface area contributed by atoms with Gasteiger partial charge in [0.25, 0.3) is 0 Å². The molecule has 2 aliphatic rings. The standard InChI is InChI=1S/C26H41N5O3.2H2O.3H2/c1-7-30-16-19(24(33)28-15-18-11-9-8-10-12-18)21-20(30)13-14-31(21)25(34)22(26(3,4)5)29-23(32)17(2)27-6;;;;;/h8-12,17,19-22,27H,7,13-16H2,1-6H3,(H,28,33)(H,29,32);2*1H2;3*1H/t17-,19-,20+,21+,22+;;;;;/m0...../s1. The maximum atomic E-state index is 13.9. The molecular formula is C26H51N5O5. The fraction of sp³-hybridized carbons (Fsp3) is 0.654. The van der Waals surface area contributed by atoms with Crippen LogP contribution in [0, 0.1) is 11.3 Å². The zero-order valence-corrected chi connectivity index (χ0v) is 22.4. The van der Waals surface area contributed by atoms with Crippen molar-refractivity contribution >= 4 is 17.7 Å². The molecule has 10 nitrogen and oxygen atoms in total. The molecule has 1 aromatic carbocycles. The molecule has 0 aliphatic carbocycles. The SMILES string of the molecule is CCN1C[C@H](C(=O)NCc2ccccc2)[C@@H]2[C@H]1CCN2C(=O)[C@@H](NC(=O)[C@H](C)NC)C(C)(C)C.O.O.[HH].[HH].[HH]. The van der Waals surface area contributed by atoms with E-state index in [1.807, 2.05) is 56.0 Å². The number of nitrogens with zero attached hydrogens (tertiary/aromatic N) is 2. The van der Waals surface area contributed by atoms with Gasteiger partial charge in [0.05, 0.1) is 18.0 Å². The first kappa shape index (κ1) is 31.5. The third kappa shape index (κ3) is 6.82. The van der Waals surface area contributed by atoms with Crippen LogP contribution in [0.4, 0.5) is 0 Å². The van der Waals surface area contributed by atoms with Crippen LogP contribution in [-0.4, -0.2) is 89.3 Å². The van der Waals surface area contributed by atoms with E-state index in [-0.39, 0.29) is 51.0 Å². The van der Waals surface area contributed by atoms with E-state index in [4.69, 9.17) is 0 Å². The van der Waals surface area contributed by atoms with Crippen molar-refractivity contribution in [2.75, 3.05) is 26.7 Å². The Balaban J connectivity index is -0.00000259. The van der Waals surface area contributed by atoms with E-state index < -0.39 is 17.5 Å². The predicted octanol–water partition coefficient (Wildman–Crippen LogP) is 0.451. The quantitative estimate of drug-likeness (QED) is 0.460. The molecule has 3 rings (SSSR count). The Morgan fingerprint density at radius 2 is 1.78 bits per heavy atom. The van der Waals surface area contributed by atoms with E-state index in [0.717, 1.165) is 18.5 Å². The highest BCUT2D eigenvalue weighted by molar-refractivity contribution is 5.91. The lowest BCUT2D eigenvalue weighted by Crippen LogP contribution is -2.59. The van der Waals surface area contributed by atoms with E-state index in [1.165, 1.54) is 0 Å². The molecule has 1 aromatic rings. The van der Waals surface area contributed by atoms with Crippen LogP contribution in [-0.2, 0) is 20.9 Å². The molecule has 0 saturated carbocycles. The summed E-state index contributed by atoms with van der Waals surface area (Å²) in [6.45, 7) is 12.3. The fourth-order valence-corrected chi connectivity index (χ4v) is 5.17. The molecule has 5 atom stereocenters. The predicted molar refractivity (Wildman–Crippen MR) is 146 cm³/mol. The molecule has 2 fully saturated rings. The number of carbonyl (C=O) groups excluding carboxylic acids is 3. The van der Waals surface area contributed by atoms with Crippen LogP contribution in [0.3, 0.4) is 0 Å². The van der Waals surface area contributed by atoms with Gasteiger partial charge in [0, 0.05) is 30.0 Å². The van der Waals surface area contributed by atoms with Crippen LogP contribution in [0.2, 0.25) is 0 Å². The van der Waals surface area contributed by atoms with Crippen molar-refractivity contribution in [1.82, 2.24) is 25.8 Å². The van der Waals surface area contributed by atoms with Crippen molar-refractivity contribution in [3.05, 3.63) is 35.9 Å². The molecule has 10 heteroatoms. The molecule has 2 aliphatic heterocycles. The van der Waals surface area contributed by atoms with Gasteiger partial charge < -0.3 is 31.8 Å². The number of hydrogen-bond donors (Lipinski definition) is 3. The van der Waals surface area contributed by atoms with Gasteiger partial charge in [0.15, 0.2) is 0 Å². The molecule has 0 bridgehead atoms. The third-order valence-electron chi connectivity index (χ3n) is 7.29. The Morgan fingerprint density at radius 1 is 1.14 bits per heavy atom. The van der Waals surface area contributed by atoms with Crippen LogP contribution in [0.25, 0.3) is 0 Å². The lowest BCUT2D eigenvalue weighted by Gasteiger charge is -2.37. The van der Waals surface area contributed by atoms with Gasteiger partial charge in [0.2, 0.25) is 17.7 Å². The number of benzene rings is 1. The summed E-state index contributed by atoms with van der Waals surface area (Å²) in [5, 5.41) is 9.00. The number of hydrogen-bond acceptors (Lipinski definition) is 5. The van der Waals surface area contributed by atoms with Crippen LogP contribution in [0.15, 0.2) is 30.3 Å². The molecule has 7 N–H and O–H groups in total. The van der Waals surface area contributed by atoms with E-state index in [2.05, 4.69) is 27.8 Å². The van der Waals surface area contributed by atoms with Crippen molar-refractivity contribution < 1.29 is 29.6 Å². The van der Waals surface area contributed by atoms with Gasteiger partial charge in [-0.1, -0.05) is 58.0 Å². The summed E-state index contributed by atoms with van der Waals surface area (Å²) in [6.07, 6.45) is 0.838.